The van der Waals surface area contributed by atoms with Crippen molar-refractivity contribution in [1.82, 2.24) is 15.0 Å². The summed E-state index contributed by atoms with van der Waals surface area (Å²) in [5.41, 5.74) is 5.32. The van der Waals surface area contributed by atoms with Crippen LogP contribution in [0.15, 0.2) is 24.0 Å². The number of primary amides is 1. The Balaban J connectivity index is 2.15. The van der Waals surface area contributed by atoms with Crippen LogP contribution in [0.2, 0.25) is 0 Å². The Morgan fingerprint density at radius 1 is 1.53 bits per heavy atom. The van der Waals surface area contributed by atoms with Crippen molar-refractivity contribution in [3.63, 3.8) is 0 Å². The van der Waals surface area contributed by atoms with Gasteiger partial charge < -0.3 is 11.1 Å². The molecule has 2 rings (SSSR count). The van der Waals surface area contributed by atoms with Crippen molar-refractivity contribution in [2.45, 2.75) is 0 Å². The maximum absolute atomic E-state index is 10.8. The minimum Gasteiger partial charge on any atom is -0.364 e. The SMILES string of the molecule is NC(=O)c1csc(Nc2ccncn2)n1. The van der Waals surface area contributed by atoms with Gasteiger partial charge in [-0.25, -0.2) is 15.0 Å². The van der Waals surface area contributed by atoms with Crippen LogP contribution in [-0.2, 0) is 0 Å². The van der Waals surface area contributed by atoms with Gasteiger partial charge in [-0.05, 0) is 6.07 Å². The molecule has 0 aromatic carbocycles. The zero-order chi connectivity index (χ0) is 10.7. The van der Waals surface area contributed by atoms with E-state index in [0.717, 1.165) is 0 Å². The molecule has 1 amide bonds. The van der Waals surface area contributed by atoms with Crippen LogP contribution in [0.5, 0.6) is 0 Å². The van der Waals surface area contributed by atoms with Gasteiger partial charge in [-0.3, -0.25) is 4.79 Å². The number of nitrogens with two attached hydrogens (primary N) is 1. The fourth-order valence-corrected chi connectivity index (χ4v) is 1.63. The topological polar surface area (TPSA) is 93.8 Å². The number of thiazole rings is 1. The smallest absolute Gasteiger partial charge is 0.268 e. The van der Waals surface area contributed by atoms with E-state index < -0.39 is 5.91 Å². The summed E-state index contributed by atoms with van der Waals surface area (Å²) in [6.07, 6.45) is 3.03. The number of carbonyl (C=O) groups excluding carboxylic acids is 1. The number of carbonyl (C=O) groups is 1. The number of nitrogens with one attached hydrogen (secondary N) is 1. The molecular formula is C8H7N5OS. The molecule has 0 saturated carbocycles. The van der Waals surface area contributed by atoms with E-state index in [9.17, 15) is 4.79 Å². The fraction of sp³-hybridized carbons (Fsp3) is 0. The molecule has 15 heavy (non-hydrogen) atoms. The molecule has 3 N–H and O–H groups in total. The first-order chi connectivity index (χ1) is 7.25. The van der Waals surface area contributed by atoms with Crippen LogP contribution < -0.4 is 11.1 Å². The summed E-state index contributed by atoms with van der Waals surface area (Å²) in [6, 6.07) is 1.70. The normalized spacial score (nSPS) is 9.87. The average Bonchev–Trinajstić information content (AvgIpc) is 2.68. The van der Waals surface area contributed by atoms with Crippen molar-refractivity contribution in [3.8, 4) is 0 Å². The Bertz CT molecular complexity index is 469. The zero-order valence-electron chi connectivity index (χ0n) is 7.54. The third-order valence-electron chi connectivity index (χ3n) is 1.57. The summed E-state index contributed by atoms with van der Waals surface area (Å²) < 4.78 is 0. The third-order valence-corrected chi connectivity index (χ3v) is 2.33. The first-order valence-electron chi connectivity index (χ1n) is 4.04. The van der Waals surface area contributed by atoms with E-state index in [4.69, 9.17) is 5.73 Å². The number of aromatic nitrogens is 3. The Morgan fingerprint density at radius 3 is 3.00 bits per heavy atom. The minimum absolute atomic E-state index is 0.247. The molecule has 0 atom stereocenters. The van der Waals surface area contributed by atoms with Crippen LogP contribution in [0.1, 0.15) is 10.5 Å². The van der Waals surface area contributed by atoms with Crippen molar-refractivity contribution >= 4 is 28.2 Å². The molecule has 0 unspecified atom stereocenters. The fourth-order valence-electron chi connectivity index (χ4n) is 0.919. The van der Waals surface area contributed by atoms with Crippen LogP contribution >= 0.6 is 11.3 Å². The lowest BCUT2D eigenvalue weighted by atomic mass is 10.5. The van der Waals surface area contributed by atoms with Gasteiger partial charge in [-0.15, -0.1) is 11.3 Å². The molecule has 2 aromatic heterocycles. The molecule has 0 aliphatic heterocycles. The molecule has 0 bridgehead atoms. The number of anilines is 2. The van der Waals surface area contributed by atoms with E-state index in [0.29, 0.717) is 10.9 Å². The molecular weight excluding hydrogens is 214 g/mol. The highest BCUT2D eigenvalue weighted by Crippen LogP contribution is 2.18. The lowest BCUT2D eigenvalue weighted by Crippen LogP contribution is -2.11. The lowest BCUT2D eigenvalue weighted by Gasteiger charge is -1.98. The van der Waals surface area contributed by atoms with E-state index in [1.54, 1.807) is 17.6 Å². The highest BCUT2D eigenvalue weighted by Gasteiger charge is 2.06. The van der Waals surface area contributed by atoms with Crippen LogP contribution in [0.3, 0.4) is 0 Å². The molecule has 2 heterocycles. The maximum Gasteiger partial charge on any atom is 0.268 e. The standard InChI is InChI=1S/C8H7N5OS/c9-7(14)5-3-15-8(12-5)13-6-1-2-10-4-11-6/h1-4H,(H2,9,14)(H,10,11,12,13). The van der Waals surface area contributed by atoms with Crippen molar-refractivity contribution in [1.29, 1.82) is 0 Å². The van der Waals surface area contributed by atoms with Crippen LogP contribution in [0.4, 0.5) is 10.9 Å². The predicted molar refractivity (Wildman–Crippen MR) is 55.9 cm³/mol. The van der Waals surface area contributed by atoms with Gasteiger partial charge in [0, 0.05) is 11.6 Å². The van der Waals surface area contributed by atoms with Crippen molar-refractivity contribution in [3.05, 3.63) is 29.7 Å². The Morgan fingerprint density at radius 2 is 2.40 bits per heavy atom. The highest BCUT2D eigenvalue weighted by atomic mass is 32.1. The highest BCUT2D eigenvalue weighted by molar-refractivity contribution is 7.14. The van der Waals surface area contributed by atoms with E-state index in [2.05, 4.69) is 20.3 Å². The molecule has 0 radical (unpaired) electrons. The molecule has 2 aromatic rings. The van der Waals surface area contributed by atoms with Gasteiger partial charge >= 0.3 is 0 Å². The predicted octanol–water partition coefficient (Wildman–Crippen LogP) is 0.776. The quantitative estimate of drug-likeness (QED) is 0.798. The summed E-state index contributed by atoms with van der Waals surface area (Å²) in [4.78, 5) is 22.5. The van der Waals surface area contributed by atoms with Gasteiger partial charge in [-0.2, -0.15) is 0 Å². The second-order valence-electron chi connectivity index (χ2n) is 2.62. The van der Waals surface area contributed by atoms with Crippen molar-refractivity contribution in [2.75, 3.05) is 5.32 Å². The van der Waals surface area contributed by atoms with Gasteiger partial charge in [0.25, 0.3) is 5.91 Å². The maximum atomic E-state index is 10.8. The first kappa shape index (κ1) is 9.53. The molecule has 6 nitrogen and oxygen atoms in total. The third kappa shape index (κ3) is 2.26. The number of hydrogen-bond donors (Lipinski definition) is 2. The van der Waals surface area contributed by atoms with E-state index >= 15 is 0 Å². The Labute approximate surface area is 89.2 Å². The van der Waals surface area contributed by atoms with Crippen LogP contribution in [0.25, 0.3) is 0 Å². The Hall–Kier alpha value is -2.02. The van der Waals surface area contributed by atoms with Gasteiger partial charge in [0.15, 0.2) is 5.13 Å². The number of hydrogen-bond acceptors (Lipinski definition) is 6. The molecule has 7 heteroatoms. The number of nitrogens with zero attached hydrogens (tertiary/aromatic N) is 3. The van der Waals surface area contributed by atoms with E-state index in [-0.39, 0.29) is 5.69 Å². The Kier molecular flexibility index (Phi) is 2.55. The summed E-state index contributed by atoms with van der Waals surface area (Å²) in [5, 5.41) is 5.09. The number of rotatable bonds is 3. The van der Waals surface area contributed by atoms with Gasteiger partial charge in [0.05, 0.1) is 0 Å². The second-order valence-corrected chi connectivity index (χ2v) is 3.48. The molecule has 0 spiro atoms. The molecule has 0 aliphatic rings. The van der Waals surface area contributed by atoms with E-state index in [1.165, 1.54) is 17.7 Å². The molecule has 0 fully saturated rings. The molecule has 0 aliphatic carbocycles. The first-order valence-corrected chi connectivity index (χ1v) is 4.92. The molecule has 76 valence electrons. The average molecular weight is 221 g/mol. The van der Waals surface area contributed by atoms with Crippen molar-refractivity contribution in [2.24, 2.45) is 5.73 Å². The van der Waals surface area contributed by atoms with Gasteiger partial charge in [0.1, 0.15) is 17.8 Å². The monoisotopic (exact) mass is 221 g/mol. The van der Waals surface area contributed by atoms with Crippen molar-refractivity contribution < 1.29 is 4.79 Å². The molecule has 0 saturated heterocycles. The largest absolute Gasteiger partial charge is 0.364 e. The van der Waals surface area contributed by atoms with Crippen LogP contribution in [0, 0.1) is 0 Å². The second kappa shape index (κ2) is 4.01. The van der Waals surface area contributed by atoms with E-state index in [1.807, 2.05) is 0 Å². The minimum atomic E-state index is -0.540. The summed E-state index contributed by atoms with van der Waals surface area (Å²) in [5.74, 6) is 0.0809. The summed E-state index contributed by atoms with van der Waals surface area (Å²) >= 11 is 1.29. The van der Waals surface area contributed by atoms with Gasteiger partial charge in [0.2, 0.25) is 0 Å². The van der Waals surface area contributed by atoms with Gasteiger partial charge in [-0.1, -0.05) is 0 Å². The number of amides is 1. The van der Waals surface area contributed by atoms with Crippen LogP contribution in [-0.4, -0.2) is 20.9 Å². The lowest BCUT2D eigenvalue weighted by molar-refractivity contribution is 0.0996. The zero-order valence-corrected chi connectivity index (χ0v) is 8.36. The summed E-state index contributed by atoms with van der Waals surface area (Å²) in [7, 11) is 0. The summed E-state index contributed by atoms with van der Waals surface area (Å²) in [6.45, 7) is 0.